The van der Waals surface area contributed by atoms with E-state index in [0.717, 1.165) is 25.8 Å². The molecule has 0 bridgehead atoms. The second-order valence-electron chi connectivity index (χ2n) is 3.26. The normalized spacial score (nSPS) is 15.1. The van der Waals surface area contributed by atoms with E-state index in [0.29, 0.717) is 6.54 Å². The molecule has 4 nitrogen and oxygen atoms in total. The molecule has 0 unspecified atom stereocenters. The van der Waals surface area contributed by atoms with Gasteiger partial charge in [-0.15, -0.1) is 0 Å². The SMILES string of the molecule is C=CC(=O)NCC.O=C1CCCCCN1. The lowest BCUT2D eigenvalue weighted by molar-refractivity contribution is -0.120. The van der Waals surface area contributed by atoms with Crippen LogP contribution < -0.4 is 10.6 Å². The molecule has 0 saturated carbocycles. The van der Waals surface area contributed by atoms with Gasteiger partial charge in [-0.05, 0) is 25.8 Å². The Morgan fingerprint density at radius 3 is 2.80 bits per heavy atom. The lowest BCUT2D eigenvalue weighted by atomic mass is 10.2. The van der Waals surface area contributed by atoms with Crippen molar-refractivity contribution in [2.75, 3.05) is 13.1 Å². The molecule has 1 aliphatic rings. The summed E-state index contributed by atoms with van der Waals surface area (Å²) >= 11 is 0. The predicted molar refractivity (Wildman–Crippen MR) is 60.4 cm³/mol. The van der Waals surface area contributed by atoms with Crippen LogP contribution in [-0.4, -0.2) is 24.9 Å². The standard InChI is InChI=1S/C6H11NO.C5H9NO/c8-6-4-2-1-3-5-7-6;1-3-5(7)6-4-2/h1-5H2,(H,7,8);3H,1,4H2,2H3,(H,6,7). The van der Waals surface area contributed by atoms with Crippen molar-refractivity contribution >= 4 is 11.8 Å². The van der Waals surface area contributed by atoms with Crippen molar-refractivity contribution in [1.29, 1.82) is 0 Å². The van der Waals surface area contributed by atoms with Crippen LogP contribution >= 0.6 is 0 Å². The molecule has 0 aromatic rings. The first-order valence-electron chi connectivity index (χ1n) is 5.37. The van der Waals surface area contributed by atoms with Crippen LogP contribution in [0.1, 0.15) is 32.6 Å². The topological polar surface area (TPSA) is 58.2 Å². The van der Waals surface area contributed by atoms with Crippen molar-refractivity contribution in [2.24, 2.45) is 0 Å². The maximum absolute atomic E-state index is 10.6. The number of rotatable bonds is 2. The molecule has 0 aromatic heterocycles. The molecule has 15 heavy (non-hydrogen) atoms. The number of carbonyl (C=O) groups excluding carboxylic acids is 2. The van der Waals surface area contributed by atoms with Gasteiger partial charge in [0.25, 0.3) is 0 Å². The van der Waals surface area contributed by atoms with E-state index in [1.54, 1.807) is 0 Å². The Morgan fingerprint density at radius 1 is 1.53 bits per heavy atom. The number of carbonyl (C=O) groups is 2. The molecule has 0 aromatic carbocycles. The average molecular weight is 212 g/mol. The van der Waals surface area contributed by atoms with Gasteiger partial charge in [0.05, 0.1) is 0 Å². The highest BCUT2D eigenvalue weighted by Gasteiger charge is 2.03. The molecule has 0 aliphatic carbocycles. The second kappa shape index (κ2) is 9.24. The van der Waals surface area contributed by atoms with E-state index in [4.69, 9.17) is 0 Å². The quantitative estimate of drug-likeness (QED) is 0.670. The van der Waals surface area contributed by atoms with Crippen LogP contribution in [0.2, 0.25) is 0 Å². The maximum Gasteiger partial charge on any atom is 0.243 e. The molecule has 86 valence electrons. The number of hydrogen-bond donors (Lipinski definition) is 2. The highest BCUT2D eigenvalue weighted by atomic mass is 16.2. The van der Waals surface area contributed by atoms with Crippen LogP contribution in [0.4, 0.5) is 0 Å². The summed E-state index contributed by atoms with van der Waals surface area (Å²) in [6.07, 6.45) is 5.43. The fraction of sp³-hybridized carbons (Fsp3) is 0.636. The minimum atomic E-state index is -0.109. The highest BCUT2D eigenvalue weighted by molar-refractivity contribution is 5.86. The Bertz CT molecular complexity index is 205. The molecule has 1 rings (SSSR count). The first-order chi connectivity index (χ1) is 7.20. The zero-order valence-corrected chi connectivity index (χ0v) is 9.34. The van der Waals surface area contributed by atoms with Gasteiger partial charge in [0.15, 0.2) is 0 Å². The van der Waals surface area contributed by atoms with Gasteiger partial charge in [-0.25, -0.2) is 0 Å². The van der Waals surface area contributed by atoms with Crippen molar-refractivity contribution < 1.29 is 9.59 Å². The minimum Gasteiger partial charge on any atom is -0.356 e. The predicted octanol–water partition coefficient (Wildman–Crippen LogP) is 0.985. The van der Waals surface area contributed by atoms with E-state index in [-0.39, 0.29) is 11.8 Å². The number of amides is 2. The van der Waals surface area contributed by atoms with Gasteiger partial charge >= 0.3 is 0 Å². The van der Waals surface area contributed by atoms with Gasteiger partial charge in [0.2, 0.25) is 11.8 Å². The molecule has 1 saturated heterocycles. The largest absolute Gasteiger partial charge is 0.356 e. The van der Waals surface area contributed by atoms with Gasteiger partial charge in [-0.1, -0.05) is 13.0 Å². The van der Waals surface area contributed by atoms with Crippen LogP contribution in [0.15, 0.2) is 12.7 Å². The van der Waals surface area contributed by atoms with E-state index in [1.807, 2.05) is 6.92 Å². The summed E-state index contributed by atoms with van der Waals surface area (Å²) in [5.41, 5.74) is 0. The van der Waals surface area contributed by atoms with Crippen LogP contribution in [0.25, 0.3) is 0 Å². The number of hydrogen-bond acceptors (Lipinski definition) is 2. The summed E-state index contributed by atoms with van der Waals surface area (Å²) in [7, 11) is 0. The van der Waals surface area contributed by atoms with E-state index >= 15 is 0 Å². The van der Waals surface area contributed by atoms with Gasteiger partial charge in [0.1, 0.15) is 0 Å². The van der Waals surface area contributed by atoms with Crippen molar-refractivity contribution in [1.82, 2.24) is 10.6 Å². The molecular formula is C11H20N2O2. The zero-order valence-electron chi connectivity index (χ0n) is 9.34. The summed E-state index contributed by atoms with van der Waals surface area (Å²) < 4.78 is 0. The molecule has 0 atom stereocenters. The summed E-state index contributed by atoms with van der Waals surface area (Å²) in [6, 6.07) is 0. The van der Waals surface area contributed by atoms with Gasteiger partial charge in [-0.3, -0.25) is 9.59 Å². The van der Waals surface area contributed by atoms with Crippen LogP contribution in [-0.2, 0) is 9.59 Å². The molecule has 1 aliphatic heterocycles. The smallest absolute Gasteiger partial charge is 0.243 e. The molecular weight excluding hydrogens is 192 g/mol. The molecule has 4 heteroatoms. The molecule has 2 N–H and O–H groups in total. The summed E-state index contributed by atoms with van der Waals surface area (Å²) in [5.74, 6) is 0.116. The van der Waals surface area contributed by atoms with Gasteiger partial charge in [0, 0.05) is 19.5 Å². The first-order valence-corrected chi connectivity index (χ1v) is 5.37. The Kier molecular flexibility index (Phi) is 8.43. The van der Waals surface area contributed by atoms with E-state index in [2.05, 4.69) is 17.2 Å². The third-order valence-electron chi connectivity index (χ3n) is 1.94. The molecule has 0 radical (unpaired) electrons. The lowest BCUT2D eigenvalue weighted by Gasteiger charge is -1.93. The second-order valence-corrected chi connectivity index (χ2v) is 3.26. The number of likely N-dealkylation sites (N-methyl/N-ethyl adjacent to an activating group) is 1. The summed E-state index contributed by atoms with van der Waals surface area (Å²) in [6.45, 7) is 6.69. The Hall–Kier alpha value is -1.32. The van der Waals surface area contributed by atoms with E-state index in [1.165, 1.54) is 12.5 Å². The number of nitrogens with one attached hydrogen (secondary N) is 2. The Balaban J connectivity index is 0.000000265. The van der Waals surface area contributed by atoms with Crippen LogP contribution in [0, 0.1) is 0 Å². The minimum absolute atomic E-state index is 0.109. The summed E-state index contributed by atoms with van der Waals surface area (Å²) in [4.78, 5) is 20.8. The van der Waals surface area contributed by atoms with Gasteiger partial charge < -0.3 is 10.6 Å². The molecule has 1 heterocycles. The fourth-order valence-corrected chi connectivity index (χ4v) is 1.15. The highest BCUT2D eigenvalue weighted by Crippen LogP contribution is 2.02. The third-order valence-corrected chi connectivity index (χ3v) is 1.94. The monoisotopic (exact) mass is 212 g/mol. The fourth-order valence-electron chi connectivity index (χ4n) is 1.15. The van der Waals surface area contributed by atoms with Crippen LogP contribution in [0.3, 0.4) is 0 Å². The lowest BCUT2D eigenvalue weighted by Crippen LogP contribution is -2.21. The third kappa shape index (κ3) is 9.00. The van der Waals surface area contributed by atoms with Crippen LogP contribution in [0.5, 0.6) is 0 Å². The molecule has 2 amide bonds. The maximum atomic E-state index is 10.6. The van der Waals surface area contributed by atoms with Crippen molar-refractivity contribution in [3.8, 4) is 0 Å². The molecule has 1 fully saturated rings. The van der Waals surface area contributed by atoms with Crippen molar-refractivity contribution in [2.45, 2.75) is 32.6 Å². The average Bonchev–Trinajstić information content (AvgIpc) is 2.47. The first kappa shape index (κ1) is 13.7. The van der Waals surface area contributed by atoms with E-state index < -0.39 is 0 Å². The van der Waals surface area contributed by atoms with Gasteiger partial charge in [-0.2, -0.15) is 0 Å². The zero-order chi connectivity index (χ0) is 11.5. The van der Waals surface area contributed by atoms with Crippen molar-refractivity contribution in [3.63, 3.8) is 0 Å². The Morgan fingerprint density at radius 2 is 2.27 bits per heavy atom. The van der Waals surface area contributed by atoms with E-state index in [9.17, 15) is 9.59 Å². The molecule has 0 spiro atoms. The Labute approximate surface area is 91.1 Å². The van der Waals surface area contributed by atoms with Crippen molar-refractivity contribution in [3.05, 3.63) is 12.7 Å². The summed E-state index contributed by atoms with van der Waals surface area (Å²) in [5, 5.41) is 5.34.